The monoisotopic (exact) mass is 379 g/mol. The topological polar surface area (TPSA) is 71.1 Å². The van der Waals surface area contributed by atoms with Crippen LogP contribution in [0.1, 0.15) is 23.7 Å². The molecule has 27 heavy (non-hydrogen) atoms. The predicted molar refractivity (Wildman–Crippen MR) is 110 cm³/mol. The summed E-state index contributed by atoms with van der Waals surface area (Å²) < 4.78 is 0. The standard InChI is InChI=1S/C21H21N3O2S/c1-13-8-14(2)10-18(9-13)23-20(26)11-19-12-27-21(24-19)16-4-6-17(7-5-16)22-15(3)25/h4-10,12H,11H2,1-3H3,(H,22,25)(H,23,26). The maximum Gasteiger partial charge on any atom is 0.230 e. The number of anilines is 2. The van der Waals surface area contributed by atoms with E-state index < -0.39 is 0 Å². The van der Waals surface area contributed by atoms with E-state index in [1.54, 1.807) is 0 Å². The molecule has 0 atom stereocenters. The number of rotatable bonds is 5. The molecule has 6 heteroatoms. The highest BCUT2D eigenvalue weighted by Gasteiger charge is 2.10. The fraction of sp³-hybridized carbons (Fsp3) is 0.190. The Morgan fingerprint density at radius 2 is 1.63 bits per heavy atom. The smallest absolute Gasteiger partial charge is 0.230 e. The molecular formula is C21H21N3O2S. The second-order valence-corrected chi connectivity index (χ2v) is 7.36. The van der Waals surface area contributed by atoms with Crippen molar-refractivity contribution in [2.75, 3.05) is 10.6 Å². The average Bonchev–Trinajstić information content (AvgIpc) is 3.02. The molecule has 0 bridgehead atoms. The van der Waals surface area contributed by atoms with Crippen LogP contribution in [0.2, 0.25) is 0 Å². The molecule has 2 aromatic carbocycles. The second kappa shape index (κ2) is 8.14. The number of nitrogens with one attached hydrogen (secondary N) is 2. The average molecular weight is 379 g/mol. The van der Waals surface area contributed by atoms with E-state index in [2.05, 4.69) is 21.7 Å². The Hall–Kier alpha value is -2.99. The van der Waals surface area contributed by atoms with Gasteiger partial charge in [-0.25, -0.2) is 4.98 Å². The van der Waals surface area contributed by atoms with Gasteiger partial charge in [-0.1, -0.05) is 6.07 Å². The molecule has 138 valence electrons. The number of aromatic nitrogens is 1. The van der Waals surface area contributed by atoms with Gasteiger partial charge < -0.3 is 10.6 Å². The Labute approximate surface area is 162 Å². The molecule has 0 saturated heterocycles. The van der Waals surface area contributed by atoms with Crippen molar-refractivity contribution in [3.05, 3.63) is 64.7 Å². The summed E-state index contributed by atoms with van der Waals surface area (Å²) >= 11 is 1.50. The Bertz CT molecular complexity index is 957. The lowest BCUT2D eigenvalue weighted by atomic mass is 10.1. The van der Waals surface area contributed by atoms with E-state index in [0.29, 0.717) is 0 Å². The molecule has 0 aliphatic carbocycles. The first-order chi connectivity index (χ1) is 12.9. The van der Waals surface area contributed by atoms with Gasteiger partial charge in [-0.05, 0) is 61.4 Å². The highest BCUT2D eigenvalue weighted by atomic mass is 32.1. The number of hydrogen-bond donors (Lipinski definition) is 2. The molecule has 0 saturated carbocycles. The molecule has 1 heterocycles. The van der Waals surface area contributed by atoms with Gasteiger partial charge in [-0.3, -0.25) is 9.59 Å². The molecule has 0 aliphatic rings. The maximum atomic E-state index is 12.3. The quantitative estimate of drug-likeness (QED) is 0.682. The van der Waals surface area contributed by atoms with Crippen LogP contribution in [0.4, 0.5) is 11.4 Å². The zero-order valence-electron chi connectivity index (χ0n) is 15.5. The van der Waals surface area contributed by atoms with Gasteiger partial charge >= 0.3 is 0 Å². The molecule has 0 fully saturated rings. The molecule has 1 aromatic heterocycles. The van der Waals surface area contributed by atoms with E-state index >= 15 is 0 Å². The number of carbonyl (C=O) groups excluding carboxylic acids is 2. The van der Waals surface area contributed by atoms with Crippen LogP contribution in [0.5, 0.6) is 0 Å². The third-order valence-corrected chi connectivity index (χ3v) is 4.79. The Kier molecular flexibility index (Phi) is 5.66. The number of nitrogens with zero attached hydrogens (tertiary/aromatic N) is 1. The highest BCUT2D eigenvalue weighted by Crippen LogP contribution is 2.25. The lowest BCUT2D eigenvalue weighted by Crippen LogP contribution is -2.14. The van der Waals surface area contributed by atoms with Gasteiger partial charge in [0.1, 0.15) is 5.01 Å². The number of benzene rings is 2. The van der Waals surface area contributed by atoms with Crippen molar-refractivity contribution in [2.24, 2.45) is 0 Å². The first-order valence-electron chi connectivity index (χ1n) is 8.59. The van der Waals surface area contributed by atoms with Gasteiger partial charge in [0.05, 0.1) is 12.1 Å². The summed E-state index contributed by atoms with van der Waals surface area (Å²) in [6, 6.07) is 13.5. The fourth-order valence-electron chi connectivity index (χ4n) is 2.84. The molecule has 0 spiro atoms. The Morgan fingerprint density at radius 3 is 2.26 bits per heavy atom. The second-order valence-electron chi connectivity index (χ2n) is 6.50. The van der Waals surface area contributed by atoms with E-state index in [1.165, 1.54) is 18.3 Å². The summed E-state index contributed by atoms with van der Waals surface area (Å²) in [5, 5.41) is 8.42. The summed E-state index contributed by atoms with van der Waals surface area (Å²) in [7, 11) is 0. The SMILES string of the molecule is CC(=O)Nc1ccc(-c2nc(CC(=O)Nc3cc(C)cc(C)c3)cs2)cc1. The lowest BCUT2D eigenvalue weighted by Gasteiger charge is -2.06. The number of thiazole rings is 1. The van der Waals surface area contributed by atoms with E-state index in [9.17, 15) is 9.59 Å². The molecule has 5 nitrogen and oxygen atoms in total. The van der Waals surface area contributed by atoms with Crippen molar-refractivity contribution >= 4 is 34.5 Å². The zero-order valence-corrected chi connectivity index (χ0v) is 16.3. The molecule has 0 unspecified atom stereocenters. The lowest BCUT2D eigenvalue weighted by molar-refractivity contribution is -0.116. The number of carbonyl (C=O) groups is 2. The summed E-state index contributed by atoms with van der Waals surface area (Å²) in [4.78, 5) is 28.0. The number of aryl methyl sites for hydroxylation is 2. The van der Waals surface area contributed by atoms with Gasteiger partial charge in [0.2, 0.25) is 11.8 Å². The van der Waals surface area contributed by atoms with Crippen LogP contribution >= 0.6 is 11.3 Å². The van der Waals surface area contributed by atoms with Crippen LogP contribution in [0, 0.1) is 13.8 Å². The van der Waals surface area contributed by atoms with E-state index in [4.69, 9.17) is 0 Å². The number of amides is 2. The van der Waals surface area contributed by atoms with Gasteiger partial charge in [-0.15, -0.1) is 11.3 Å². The van der Waals surface area contributed by atoms with Crippen molar-refractivity contribution in [1.82, 2.24) is 4.98 Å². The summed E-state index contributed by atoms with van der Waals surface area (Å²) in [5.41, 5.74) is 5.48. The summed E-state index contributed by atoms with van der Waals surface area (Å²) in [6.45, 7) is 5.49. The molecular weight excluding hydrogens is 358 g/mol. The van der Waals surface area contributed by atoms with Crippen LogP contribution in [0.3, 0.4) is 0 Å². The summed E-state index contributed by atoms with van der Waals surface area (Å²) in [5.74, 6) is -0.188. The van der Waals surface area contributed by atoms with Crippen LogP contribution in [0.25, 0.3) is 10.6 Å². The van der Waals surface area contributed by atoms with Crippen LogP contribution in [-0.4, -0.2) is 16.8 Å². The first kappa shape index (κ1) is 18.8. The van der Waals surface area contributed by atoms with Crippen LogP contribution in [0.15, 0.2) is 47.8 Å². The molecule has 0 radical (unpaired) electrons. The van der Waals surface area contributed by atoms with Gasteiger partial charge in [0.25, 0.3) is 0 Å². The third kappa shape index (κ3) is 5.24. The maximum absolute atomic E-state index is 12.3. The van der Waals surface area contributed by atoms with Crippen LogP contribution in [-0.2, 0) is 16.0 Å². The molecule has 2 N–H and O–H groups in total. The molecule has 3 rings (SSSR count). The predicted octanol–water partition coefficient (Wildman–Crippen LogP) is 4.57. The minimum atomic E-state index is -0.103. The Morgan fingerprint density at radius 1 is 0.963 bits per heavy atom. The highest BCUT2D eigenvalue weighted by molar-refractivity contribution is 7.13. The van der Waals surface area contributed by atoms with Gasteiger partial charge in [-0.2, -0.15) is 0 Å². The largest absolute Gasteiger partial charge is 0.326 e. The van der Waals surface area contributed by atoms with E-state index in [1.807, 2.05) is 55.6 Å². The Balaban J connectivity index is 1.65. The molecule has 3 aromatic rings. The third-order valence-electron chi connectivity index (χ3n) is 3.85. The fourth-order valence-corrected chi connectivity index (χ4v) is 3.66. The van der Waals surface area contributed by atoms with Crippen molar-refractivity contribution in [3.63, 3.8) is 0 Å². The summed E-state index contributed by atoms with van der Waals surface area (Å²) in [6.07, 6.45) is 0.230. The minimum absolute atomic E-state index is 0.0853. The zero-order chi connectivity index (χ0) is 19.4. The van der Waals surface area contributed by atoms with E-state index in [-0.39, 0.29) is 18.2 Å². The van der Waals surface area contributed by atoms with Gasteiger partial charge in [0.15, 0.2) is 0 Å². The number of hydrogen-bond acceptors (Lipinski definition) is 4. The van der Waals surface area contributed by atoms with Crippen molar-refractivity contribution in [1.29, 1.82) is 0 Å². The minimum Gasteiger partial charge on any atom is -0.326 e. The van der Waals surface area contributed by atoms with Crippen LogP contribution < -0.4 is 10.6 Å². The van der Waals surface area contributed by atoms with Crippen molar-refractivity contribution in [3.8, 4) is 10.6 Å². The first-order valence-corrected chi connectivity index (χ1v) is 9.47. The van der Waals surface area contributed by atoms with Crippen molar-refractivity contribution in [2.45, 2.75) is 27.2 Å². The molecule has 2 amide bonds. The normalized spacial score (nSPS) is 10.5. The van der Waals surface area contributed by atoms with Crippen molar-refractivity contribution < 1.29 is 9.59 Å². The van der Waals surface area contributed by atoms with E-state index in [0.717, 1.165) is 38.8 Å². The molecule has 0 aliphatic heterocycles. The van der Waals surface area contributed by atoms with Gasteiger partial charge in [0, 0.05) is 29.2 Å².